The average Bonchev–Trinajstić information content (AvgIpc) is 2.71. The third kappa shape index (κ3) is 4.17. The Bertz CT molecular complexity index is 434. The van der Waals surface area contributed by atoms with Crippen LogP contribution in [0.2, 0.25) is 0 Å². The molecule has 0 saturated heterocycles. The van der Waals surface area contributed by atoms with Crippen LogP contribution in [0.3, 0.4) is 0 Å². The molecule has 0 spiro atoms. The molecule has 0 aliphatic carbocycles. The van der Waals surface area contributed by atoms with E-state index in [-0.39, 0.29) is 6.04 Å². The van der Waals surface area contributed by atoms with Gasteiger partial charge in [-0.1, -0.05) is 12.6 Å². The number of hydrogen-bond acceptors (Lipinski definition) is 4. The van der Waals surface area contributed by atoms with Gasteiger partial charge in [-0.2, -0.15) is 0 Å². The first kappa shape index (κ1) is 14.7. The number of ether oxygens (including phenoxy) is 3. The Hall–Kier alpha value is -1.68. The van der Waals surface area contributed by atoms with Gasteiger partial charge in [0.1, 0.15) is 0 Å². The molecular weight excluding hydrogens is 254 g/mol. The molecule has 4 nitrogen and oxygen atoms in total. The molecule has 1 N–H and O–H groups in total. The third-order valence-corrected chi connectivity index (χ3v) is 3.28. The third-order valence-electron chi connectivity index (χ3n) is 3.28. The monoisotopic (exact) mass is 277 g/mol. The molecule has 4 heteroatoms. The molecule has 0 bridgehead atoms. The highest BCUT2D eigenvalue weighted by molar-refractivity contribution is 5.44. The minimum atomic E-state index is 0.274. The van der Waals surface area contributed by atoms with Gasteiger partial charge in [0, 0.05) is 12.5 Å². The summed E-state index contributed by atoms with van der Waals surface area (Å²) in [4.78, 5) is 0. The zero-order chi connectivity index (χ0) is 14.2. The fraction of sp³-hybridized carbons (Fsp3) is 0.500. The van der Waals surface area contributed by atoms with Gasteiger partial charge in [-0.15, -0.1) is 0 Å². The maximum atomic E-state index is 5.71. The molecule has 110 valence electrons. The summed E-state index contributed by atoms with van der Waals surface area (Å²) in [6, 6.07) is 6.43. The van der Waals surface area contributed by atoms with Crippen molar-refractivity contribution in [2.75, 3.05) is 26.4 Å². The molecule has 0 aromatic heterocycles. The second kappa shape index (κ2) is 7.80. The minimum Gasteiger partial charge on any atom is -0.502 e. The van der Waals surface area contributed by atoms with Crippen molar-refractivity contribution in [3.8, 4) is 11.5 Å². The van der Waals surface area contributed by atoms with E-state index >= 15 is 0 Å². The molecule has 0 amide bonds. The van der Waals surface area contributed by atoms with Crippen LogP contribution in [-0.4, -0.2) is 26.4 Å². The van der Waals surface area contributed by atoms with Crippen LogP contribution in [0.25, 0.3) is 0 Å². The summed E-state index contributed by atoms with van der Waals surface area (Å²) in [6.07, 6.45) is 3.37. The normalized spacial score (nSPS) is 15.2. The largest absolute Gasteiger partial charge is 0.502 e. The lowest BCUT2D eigenvalue weighted by Crippen LogP contribution is -2.20. The quantitative estimate of drug-likeness (QED) is 0.614. The summed E-state index contributed by atoms with van der Waals surface area (Å²) in [5, 5.41) is 3.47. The highest BCUT2D eigenvalue weighted by Gasteiger charge is 2.13. The van der Waals surface area contributed by atoms with Crippen molar-refractivity contribution in [2.24, 2.45) is 0 Å². The number of rotatable bonds is 7. The summed E-state index contributed by atoms with van der Waals surface area (Å²) in [7, 11) is 0. The summed E-state index contributed by atoms with van der Waals surface area (Å²) in [6.45, 7) is 8.72. The highest BCUT2D eigenvalue weighted by atomic mass is 16.5. The lowest BCUT2D eigenvalue weighted by atomic mass is 10.1. The van der Waals surface area contributed by atoms with Gasteiger partial charge in [0.2, 0.25) is 0 Å². The molecule has 0 fully saturated rings. The molecule has 0 radical (unpaired) electrons. The van der Waals surface area contributed by atoms with Crippen molar-refractivity contribution >= 4 is 0 Å². The first-order valence-corrected chi connectivity index (χ1v) is 7.16. The maximum Gasteiger partial charge on any atom is 0.161 e. The standard InChI is InChI=1S/C16H23NO3/c1-3-18-9-4-8-17-13(2)14-6-7-15-16(12-14)20-11-5-10-19-15/h3,6-7,12-13,17H,1,4-5,8-11H2,2H3. The topological polar surface area (TPSA) is 39.7 Å². The number of nitrogens with one attached hydrogen (secondary N) is 1. The Morgan fingerprint density at radius 2 is 2.15 bits per heavy atom. The van der Waals surface area contributed by atoms with Crippen LogP contribution in [-0.2, 0) is 4.74 Å². The van der Waals surface area contributed by atoms with E-state index < -0.39 is 0 Å². The number of hydrogen-bond donors (Lipinski definition) is 1. The molecule has 1 unspecified atom stereocenters. The molecule has 1 aliphatic heterocycles. The summed E-state index contributed by atoms with van der Waals surface area (Å²) in [5.74, 6) is 1.70. The zero-order valence-corrected chi connectivity index (χ0v) is 12.1. The Labute approximate surface area is 120 Å². The first-order valence-electron chi connectivity index (χ1n) is 7.16. The number of fused-ring (bicyclic) bond motifs is 1. The van der Waals surface area contributed by atoms with Crippen LogP contribution in [0.5, 0.6) is 11.5 Å². The van der Waals surface area contributed by atoms with Crippen molar-refractivity contribution in [2.45, 2.75) is 25.8 Å². The van der Waals surface area contributed by atoms with E-state index in [1.54, 1.807) is 0 Å². The van der Waals surface area contributed by atoms with Crippen molar-refractivity contribution in [1.82, 2.24) is 5.32 Å². The van der Waals surface area contributed by atoms with Crippen molar-refractivity contribution in [1.29, 1.82) is 0 Å². The van der Waals surface area contributed by atoms with Gasteiger partial charge in [-0.05, 0) is 37.6 Å². The maximum absolute atomic E-state index is 5.71. The SMILES string of the molecule is C=COCCCNC(C)c1ccc2c(c1)OCCCO2. The Balaban J connectivity index is 1.88. The van der Waals surface area contributed by atoms with Gasteiger partial charge >= 0.3 is 0 Å². The smallest absolute Gasteiger partial charge is 0.161 e. The van der Waals surface area contributed by atoms with Crippen LogP contribution < -0.4 is 14.8 Å². The lowest BCUT2D eigenvalue weighted by molar-refractivity contribution is 0.243. The van der Waals surface area contributed by atoms with E-state index in [1.807, 2.05) is 6.07 Å². The number of benzene rings is 1. The summed E-state index contributed by atoms with van der Waals surface area (Å²) in [5.41, 5.74) is 1.21. The highest BCUT2D eigenvalue weighted by Crippen LogP contribution is 2.32. The minimum absolute atomic E-state index is 0.274. The van der Waals surface area contributed by atoms with Gasteiger partial charge in [-0.3, -0.25) is 0 Å². The van der Waals surface area contributed by atoms with Crippen LogP contribution >= 0.6 is 0 Å². The van der Waals surface area contributed by atoms with Crippen LogP contribution in [0, 0.1) is 0 Å². The van der Waals surface area contributed by atoms with Gasteiger partial charge in [0.15, 0.2) is 11.5 Å². The summed E-state index contributed by atoms with van der Waals surface area (Å²) < 4.78 is 16.4. The average molecular weight is 277 g/mol. The summed E-state index contributed by atoms with van der Waals surface area (Å²) >= 11 is 0. The second-order valence-corrected chi connectivity index (χ2v) is 4.82. The molecule has 2 rings (SSSR count). The van der Waals surface area contributed by atoms with Gasteiger partial charge in [-0.25, -0.2) is 0 Å². The molecule has 0 saturated carbocycles. The van der Waals surface area contributed by atoms with Gasteiger partial charge in [0.05, 0.1) is 26.1 Å². The molecule has 20 heavy (non-hydrogen) atoms. The van der Waals surface area contributed by atoms with E-state index in [2.05, 4.69) is 31.0 Å². The van der Waals surface area contributed by atoms with E-state index in [9.17, 15) is 0 Å². The van der Waals surface area contributed by atoms with Crippen molar-refractivity contribution in [3.63, 3.8) is 0 Å². The Morgan fingerprint density at radius 3 is 2.95 bits per heavy atom. The van der Waals surface area contributed by atoms with E-state index in [0.717, 1.165) is 44.1 Å². The van der Waals surface area contributed by atoms with Gasteiger partial charge < -0.3 is 19.5 Å². The molecular formula is C16H23NO3. The predicted octanol–water partition coefficient (Wildman–Crippen LogP) is 3.05. The van der Waals surface area contributed by atoms with E-state index in [0.29, 0.717) is 6.61 Å². The lowest BCUT2D eigenvalue weighted by Gasteiger charge is -2.16. The fourth-order valence-electron chi connectivity index (χ4n) is 2.12. The molecule has 1 aromatic carbocycles. The Morgan fingerprint density at radius 1 is 1.35 bits per heavy atom. The van der Waals surface area contributed by atoms with E-state index in [1.165, 1.54) is 11.8 Å². The molecule has 1 aromatic rings. The Kier molecular flexibility index (Phi) is 5.74. The second-order valence-electron chi connectivity index (χ2n) is 4.82. The van der Waals surface area contributed by atoms with Gasteiger partial charge in [0.25, 0.3) is 0 Å². The van der Waals surface area contributed by atoms with Crippen LogP contribution in [0.15, 0.2) is 31.0 Å². The van der Waals surface area contributed by atoms with Crippen molar-refractivity contribution in [3.05, 3.63) is 36.6 Å². The first-order chi connectivity index (χ1) is 9.81. The molecule has 1 heterocycles. The fourth-order valence-corrected chi connectivity index (χ4v) is 2.12. The van der Waals surface area contributed by atoms with Crippen LogP contribution in [0.1, 0.15) is 31.4 Å². The predicted molar refractivity (Wildman–Crippen MR) is 79.2 cm³/mol. The molecule has 1 aliphatic rings. The van der Waals surface area contributed by atoms with Crippen LogP contribution in [0.4, 0.5) is 0 Å². The molecule has 1 atom stereocenters. The zero-order valence-electron chi connectivity index (χ0n) is 12.1. The van der Waals surface area contributed by atoms with E-state index in [4.69, 9.17) is 14.2 Å². The van der Waals surface area contributed by atoms with Crippen molar-refractivity contribution < 1.29 is 14.2 Å².